The molecule has 0 saturated heterocycles. The molecule has 4 aromatic heterocycles. The molecule has 0 aliphatic rings. The number of nitrogens with zero attached hydrogens (tertiary/aromatic N) is 2. The lowest BCUT2D eigenvalue weighted by molar-refractivity contribution is 0.669. The topological polar surface area (TPSA) is 21.3 Å². The van der Waals surface area contributed by atoms with Gasteiger partial charge in [0.05, 0.1) is 11.0 Å². The van der Waals surface area contributed by atoms with Crippen LogP contribution in [0.1, 0.15) is 0 Å². The first-order chi connectivity index (χ1) is 29.2. The van der Waals surface area contributed by atoms with Gasteiger partial charge in [0.1, 0.15) is 11.2 Å². The van der Waals surface area contributed by atoms with Crippen LogP contribution in [0.25, 0.3) is 101 Å². The van der Waals surface area contributed by atoms with Gasteiger partial charge in [-0.1, -0.05) is 115 Å². The van der Waals surface area contributed by atoms with Gasteiger partial charge in [0.2, 0.25) is 0 Å². The molecule has 13 aromatic rings. The maximum atomic E-state index is 6.76. The first-order valence-electron chi connectivity index (χ1n) is 19.9. The summed E-state index contributed by atoms with van der Waals surface area (Å²) in [6.07, 6.45) is 0. The summed E-state index contributed by atoms with van der Waals surface area (Å²) in [5, 5.41) is 9.87. The van der Waals surface area contributed by atoms with Crippen molar-refractivity contribution >= 4 is 124 Å². The van der Waals surface area contributed by atoms with E-state index in [4.69, 9.17) is 4.42 Å². The SMILES string of the molecule is c1ccc(N(c2ccc3c(c2)sc2ccccc23)c2ccc3c4c(-c5ccc6c(c5)sc5ccccc56)c5c(cc4n(-c4ccccc4)c3c2)oc2ccccc25)cc1. The van der Waals surface area contributed by atoms with E-state index in [-0.39, 0.29) is 0 Å². The molecule has 0 atom stereocenters. The summed E-state index contributed by atoms with van der Waals surface area (Å²) in [4.78, 5) is 2.39. The number of thiophene rings is 2. The van der Waals surface area contributed by atoms with Crippen molar-refractivity contribution in [1.29, 1.82) is 0 Å². The minimum atomic E-state index is 0.882. The highest BCUT2D eigenvalue weighted by molar-refractivity contribution is 7.26. The summed E-state index contributed by atoms with van der Waals surface area (Å²) in [5.41, 5.74) is 10.8. The maximum absolute atomic E-state index is 6.76. The number of rotatable bonds is 5. The van der Waals surface area contributed by atoms with E-state index in [0.29, 0.717) is 0 Å². The third kappa shape index (κ3) is 4.93. The zero-order chi connectivity index (χ0) is 38.6. The van der Waals surface area contributed by atoms with E-state index < -0.39 is 0 Å². The molecular weight excluding hydrogens is 757 g/mol. The monoisotopic (exact) mass is 788 g/mol. The fraction of sp³-hybridized carbons (Fsp3) is 0. The summed E-state index contributed by atoms with van der Waals surface area (Å²) >= 11 is 3.72. The van der Waals surface area contributed by atoms with Crippen LogP contribution >= 0.6 is 22.7 Å². The van der Waals surface area contributed by atoms with Crippen LogP contribution in [0.15, 0.2) is 199 Å². The lowest BCUT2D eigenvalue weighted by Crippen LogP contribution is -2.09. The molecule has 5 heteroatoms. The Morgan fingerprint density at radius 1 is 0.373 bits per heavy atom. The highest BCUT2D eigenvalue weighted by atomic mass is 32.1. The Balaban J connectivity index is 1.13. The maximum Gasteiger partial charge on any atom is 0.138 e. The standard InChI is InChI=1S/C54H32N2OS2/c1-3-13-34(14-4-1)55(37-24-27-41-39-18-9-12-22-49(39)59-51(41)31-37)36-25-28-42-44(30-36)56(35-15-5-2-6-16-35)45-32-47-54(43-19-7-10-20-46(43)57-47)52(53(42)45)33-23-26-40-38-17-8-11-21-48(38)58-50(40)29-33/h1-32H. The van der Waals surface area contributed by atoms with Crippen LogP contribution in [0, 0.1) is 0 Å². The number of aromatic nitrogens is 1. The van der Waals surface area contributed by atoms with Gasteiger partial charge in [-0.2, -0.15) is 0 Å². The van der Waals surface area contributed by atoms with E-state index in [0.717, 1.165) is 55.7 Å². The van der Waals surface area contributed by atoms with Gasteiger partial charge in [0.15, 0.2) is 0 Å². The molecule has 0 fully saturated rings. The quantitative estimate of drug-likeness (QED) is 0.173. The first kappa shape index (κ1) is 32.9. The summed E-state index contributed by atoms with van der Waals surface area (Å²) in [6.45, 7) is 0. The summed E-state index contributed by atoms with van der Waals surface area (Å²) in [5.74, 6) is 0. The molecule has 276 valence electrons. The Morgan fingerprint density at radius 2 is 0.949 bits per heavy atom. The average molecular weight is 789 g/mol. The van der Waals surface area contributed by atoms with Gasteiger partial charge in [-0.3, -0.25) is 0 Å². The normalized spacial score (nSPS) is 12.1. The minimum absolute atomic E-state index is 0.882. The molecule has 13 rings (SSSR count). The average Bonchev–Trinajstić information content (AvgIpc) is 4.04. The number of hydrogen-bond acceptors (Lipinski definition) is 4. The lowest BCUT2D eigenvalue weighted by Gasteiger charge is -2.26. The second-order valence-corrected chi connectivity index (χ2v) is 17.4. The first-order valence-corrected chi connectivity index (χ1v) is 21.5. The van der Waals surface area contributed by atoms with Crippen LogP contribution in [-0.4, -0.2) is 4.57 Å². The second kappa shape index (κ2) is 12.7. The zero-order valence-electron chi connectivity index (χ0n) is 31.6. The van der Waals surface area contributed by atoms with Crippen LogP contribution in [0.4, 0.5) is 17.1 Å². The highest BCUT2D eigenvalue weighted by Crippen LogP contribution is 2.49. The number of benzene rings is 9. The Kier molecular flexibility index (Phi) is 7.05. The van der Waals surface area contributed by atoms with Crippen molar-refractivity contribution in [3.63, 3.8) is 0 Å². The molecule has 0 amide bonds. The van der Waals surface area contributed by atoms with Gasteiger partial charge in [0.25, 0.3) is 0 Å². The Bertz CT molecular complexity index is 3800. The van der Waals surface area contributed by atoms with E-state index in [2.05, 4.69) is 204 Å². The number of anilines is 3. The molecule has 3 nitrogen and oxygen atoms in total. The molecule has 0 aliphatic carbocycles. The number of furan rings is 1. The van der Waals surface area contributed by atoms with Crippen LogP contribution in [0.5, 0.6) is 0 Å². The van der Waals surface area contributed by atoms with Gasteiger partial charge in [-0.25, -0.2) is 0 Å². The predicted octanol–water partition coefficient (Wildman–Crippen LogP) is 16.6. The predicted molar refractivity (Wildman–Crippen MR) is 254 cm³/mol. The fourth-order valence-corrected chi connectivity index (χ4v) is 11.7. The molecule has 0 bridgehead atoms. The van der Waals surface area contributed by atoms with E-state index in [9.17, 15) is 0 Å². The van der Waals surface area contributed by atoms with Crippen LogP contribution < -0.4 is 4.90 Å². The molecule has 0 unspecified atom stereocenters. The van der Waals surface area contributed by atoms with Crippen molar-refractivity contribution in [2.45, 2.75) is 0 Å². The number of fused-ring (bicyclic) bond motifs is 12. The van der Waals surface area contributed by atoms with Crippen LogP contribution in [0.3, 0.4) is 0 Å². The summed E-state index contributed by atoms with van der Waals surface area (Å²) in [6, 6.07) is 70.7. The van der Waals surface area contributed by atoms with Crippen LogP contribution in [-0.2, 0) is 0 Å². The fourth-order valence-electron chi connectivity index (χ4n) is 9.41. The minimum Gasteiger partial charge on any atom is -0.456 e. The Labute approximate surface area is 346 Å². The van der Waals surface area contributed by atoms with Crippen molar-refractivity contribution in [3.8, 4) is 16.8 Å². The van der Waals surface area contributed by atoms with Gasteiger partial charge >= 0.3 is 0 Å². The molecule has 9 aromatic carbocycles. The van der Waals surface area contributed by atoms with Crippen molar-refractivity contribution in [2.75, 3.05) is 4.90 Å². The molecule has 0 saturated carbocycles. The molecule has 0 radical (unpaired) electrons. The van der Waals surface area contributed by atoms with E-state index >= 15 is 0 Å². The van der Waals surface area contributed by atoms with Crippen molar-refractivity contribution in [2.24, 2.45) is 0 Å². The third-order valence-electron chi connectivity index (χ3n) is 12.0. The molecule has 0 spiro atoms. The molecule has 59 heavy (non-hydrogen) atoms. The molecule has 0 N–H and O–H groups in total. The van der Waals surface area contributed by atoms with Gasteiger partial charge < -0.3 is 13.9 Å². The molecule has 4 heterocycles. The molecular formula is C54H32N2OS2. The summed E-state index contributed by atoms with van der Waals surface area (Å²) < 4.78 is 14.4. The largest absolute Gasteiger partial charge is 0.456 e. The van der Waals surface area contributed by atoms with Gasteiger partial charge in [-0.05, 0) is 78.4 Å². The van der Waals surface area contributed by atoms with Crippen molar-refractivity contribution < 1.29 is 4.42 Å². The number of hydrogen-bond donors (Lipinski definition) is 0. The van der Waals surface area contributed by atoms with Crippen molar-refractivity contribution in [3.05, 3.63) is 194 Å². The lowest BCUT2D eigenvalue weighted by atomic mass is 9.93. The van der Waals surface area contributed by atoms with Crippen molar-refractivity contribution in [1.82, 2.24) is 4.57 Å². The van der Waals surface area contributed by atoms with Gasteiger partial charge in [-0.15, -0.1) is 22.7 Å². The van der Waals surface area contributed by atoms with Gasteiger partial charge in [0, 0.05) is 96.3 Å². The van der Waals surface area contributed by atoms with E-state index in [1.165, 1.54) is 62.2 Å². The van der Waals surface area contributed by atoms with E-state index in [1.807, 2.05) is 22.7 Å². The third-order valence-corrected chi connectivity index (χ3v) is 14.2. The molecule has 0 aliphatic heterocycles. The summed E-state index contributed by atoms with van der Waals surface area (Å²) in [7, 11) is 0. The van der Waals surface area contributed by atoms with E-state index in [1.54, 1.807) is 0 Å². The Morgan fingerprint density at radius 3 is 1.69 bits per heavy atom. The second-order valence-electron chi connectivity index (χ2n) is 15.2. The zero-order valence-corrected chi connectivity index (χ0v) is 33.2. The Hall–Kier alpha value is -7.18. The highest BCUT2D eigenvalue weighted by Gasteiger charge is 2.25. The smallest absolute Gasteiger partial charge is 0.138 e. The van der Waals surface area contributed by atoms with Crippen LogP contribution in [0.2, 0.25) is 0 Å². The number of para-hydroxylation sites is 3.